The smallest absolute Gasteiger partial charge is 0.388 e. The van der Waals surface area contributed by atoms with Crippen molar-refractivity contribution in [1.82, 2.24) is 5.32 Å². The number of halogens is 3. The van der Waals surface area contributed by atoms with Crippen LogP contribution in [-0.4, -0.2) is 45.7 Å². The molecule has 1 fully saturated rings. The van der Waals surface area contributed by atoms with Crippen LogP contribution in [0.5, 0.6) is 0 Å². The molecule has 0 spiro atoms. The van der Waals surface area contributed by atoms with Crippen LogP contribution < -0.4 is 5.32 Å². The van der Waals surface area contributed by atoms with Crippen LogP contribution in [0.4, 0.5) is 13.2 Å². The van der Waals surface area contributed by atoms with E-state index in [1.807, 2.05) is 0 Å². The van der Waals surface area contributed by atoms with Gasteiger partial charge in [-0.3, -0.25) is 4.79 Å². The van der Waals surface area contributed by atoms with Crippen molar-refractivity contribution in [1.29, 1.82) is 0 Å². The van der Waals surface area contributed by atoms with Gasteiger partial charge in [-0.05, 0) is 30.0 Å². The number of aliphatic hydroxyl groups excluding tert-OH is 2. The summed E-state index contributed by atoms with van der Waals surface area (Å²) in [5, 5.41) is 32.0. The van der Waals surface area contributed by atoms with E-state index in [1.54, 1.807) is 30.4 Å². The first kappa shape index (κ1) is 21.4. The SMILES string of the molecule is O=C(NC[C@@H](O)[C@@H](O)c1cccc(C=CC2(O)CCCCC2)c1)C(F)(F)F. The van der Waals surface area contributed by atoms with Crippen molar-refractivity contribution in [2.75, 3.05) is 6.54 Å². The minimum absolute atomic E-state index is 0.293. The van der Waals surface area contributed by atoms with Gasteiger partial charge in [-0.25, -0.2) is 0 Å². The van der Waals surface area contributed by atoms with Gasteiger partial charge >= 0.3 is 12.1 Å². The van der Waals surface area contributed by atoms with E-state index in [4.69, 9.17) is 0 Å². The van der Waals surface area contributed by atoms with Crippen LogP contribution in [0.25, 0.3) is 6.08 Å². The highest BCUT2D eigenvalue weighted by Gasteiger charge is 2.38. The van der Waals surface area contributed by atoms with Crippen LogP contribution in [-0.2, 0) is 4.79 Å². The zero-order valence-electron chi connectivity index (χ0n) is 14.7. The second-order valence-electron chi connectivity index (χ2n) is 6.89. The monoisotopic (exact) mass is 387 g/mol. The molecule has 0 bridgehead atoms. The summed E-state index contributed by atoms with van der Waals surface area (Å²) < 4.78 is 36.5. The number of rotatable bonds is 6. The van der Waals surface area contributed by atoms with Crippen LogP contribution in [0.3, 0.4) is 0 Å². The first-order chi connectivity index (χ1) is 12.6. The van der Waals surface area contributed by atoms with Crippen molar-refractivity contribution < 1.29 is 33.3 Å². The fourth-order valence-corrected chi connectivity index (χ4v) is 3.06. The number of carbonyl (C=O) groups excluding carboxylic acids is 1. The minimum Gasteiger partial charge on any atom is -0.388 e. The van der Waals surface area contributed by atoms with E-state index in [-0.39, 0.29) is 0 Å². The molecule has 5 nitrogen and oxygen atoms in total. The fourth-order valence-electron chi connectivity index (χ4n) is 3.06. The third-order valence-electron chi connectivity index (χ3n) is 4.65. The van der Waals surface area contributed by atoms with Gasteiger partial charge < -0.3 is 20.6 Å². The standard InChI is InChI=1S/C19H24F3NO4/c20-19(21,22)17(26)23-12-15(24)16(25)14-6-4-5-13(11-14)7-10-18(27)8-2-1-3-9-18/h4-7,10-11,15-16,24-25,27H,1-3,8-9,12H2,(H,23,26)/t15-,16+/m1/s1. The number of benzene rings is 1. The van der Waals surface area contributed by atoms with Gasteiger partial charge in [0, 0.05) is 6.54 Å². The molecule has 0 aliphatic heterocycles. The van der Waals surface area contributed by atoms with E-state index >= 15 is 0 Å². The number of amides is 1. The summed E-state index contributed by atoms with van der Waals surface area (Å²) in [4.78, 5) is 10.8. The molecule has 1 aliphatic rings. The van der Waals surface area contributed by atoms with Gasteiger partial charge in [0.25, 0.3) is 0 Å². The van der Waals surface area contributed by atoms with Crippen LogP contribution in [0, 0.1) is 0 Å². The Balaban J connectivity index is 1.99. The van der Waals surface area contributed by atoms with Gasteiger partial charge in [-0.1, -0.05) is 49.6 Å². The maximum Gasteiger partial charge on any atom is 0.471 e. The lowest BCUT2D eigenvalue weighted by molar-refractivity contribution is -0.174. The van der Waals surface area contributed by atoms with Crippen molar-refractivity contribution in [2.45, 2.75) is 56.1 Å². The van der Waals surface area contributed by atoms with E-state index in [0.717, 1.165) is 19.3 Å². The number of carbonyl (C=O) groups is 1. The number of aliphatic hydroxyl groups is 3. The van der Waals surface area contributed by atoms with Gasteiger partial charge in [0.15, 0.2) is 0 Å². The summed E-state index contributed by atoms with van der Waals surface area (Å²) in [5.41, 5.74) is 0.118. The average Bonchev–Trinajstić information content (AvgIpc) is 2.63. The van der Waals surface area contributed by atoms with E-state index in [2.05, 4.69) is 0 Å². The second kappa shape index (κ2) is 8.86. The summed E-state index contributed by atoms with van der Waals surface area (Å²) in [7, 11) is 0. The van der Waals surface area contributed by atoms with E-state index in [9.17, 15) is 33.3 Å². The second-order valence-corrected chi connectivity index (χ2v) is 6.89. The third kappa shape index (κ3) is 6.34. The summed E-state index contributed by atoms with van der Waals surface area (Å²) in [6.07, 6.45) is -0.299. The third-order valence-corrected chi connectivity index (χ3v) is 4.65. The zero-order valence-corrected chi connectivity index (χ0v) is 14.7. The predicted octanol–water partition coefficient (Wildman–Crippen LogP) is 2.47. The van der Waals surface area contributed by atoms with Gasteiger partial charge in [0.1, 0.15) is 12.2 Å². The molecule has 2 rings (SSSR count). The normalized spacial score (nSPS) is 19.6. The highest BCUT2D eigenvalue weighted by Crippen LogP contribution is 2.30. The van der Waals surface area contributed by atoms with E-state index < -0.39 is 36.4 Å². The number of alkyl halides is 3. The first-order valence-corrected chi connectivity index (χ1v) is 8.83. The minimum atomic E-state index is -5.05. The van der Waals surface area contributed by atoms with Crippen molar-refractivity contribution >= 4 is 12.0 Å². The molecule has 1 aromatic rings. The number of hydrogen-bond acceptors (Lipinski definition) is 4. The average molecular weight is 387 g/mol. The van der Waals surface area contributed by atoms with E-state index in [1.165, 1.54) is 11.4 Å². The van der Waals surface area contributed by atoms with E-state index in [0.29, 0.717) is 24.0 Å². The molecule has 1 saturated carbocycles. The molecule has 1 aromatic carbocycles. The molecular formula is C19H24F3NO4. The van der Waals surface area contributed by atoms with Gasteiger partial charge in [0.05, 0.1) is 5.60 Å². The van der Waals surface area contributed by atoms with Crippen molar-refractivity contribution in [3.63, 3.8) is 0 Å². The number of hydrogen-bond donors (Lipinski definition) is 4. The Labute approximate surface area is 155 Å². The van der Waals surface area contributed by atoms with Crippen molar-refractivity contribution in [3.8, 4) is 0 Å². The van der Waals surface area contributed by atoms with Crippen LogP contribution >= 0.6 is 0 Å². The molecule has 0 heterocycles. The molecule has 27 heavy (non-hydrogen) atoms. The Morgan fingerprint density at radius 1 is 1.22 bits per heavy atom. The summed E-state index contributed by atoms with van der Waals surface area (Å²) in [6, 6.07) is 6.47. The van der Waals surface area contributed by atoms with Crippen molar-refractivity contribution in [3.05, 3.63) is 41.5 Å². The summed E-state index contributed by atoms with van der Waals surface area (Å²) >= 11 is 0. The maximum absolute atomic E-state index is 12.2. The molecule has 8 heteroatoms. The summed E-state index contributed by atoms with van der Waals surface area (Å²) in [5.74, 6) is -2.17. The molecule has 150 valence electrons. The Bertz CT molecular complexity index is 669. The number of nitrogens with one attached hydrogen (secondary N) is 1. The van der Waals surface area contributed by atoms with Gasteiger partial charge in [0.2, 0.25) is 0 Å². The predicted molar refractivity (Wildman–Crippen MR) is 93.5 cm³/mol. The molecule has 0 radical (unpaired) electrons. The van der Waals surface area contributed by atoms with Crippen molar-refractivity contribution in [2.24, 2.45) is 0 Å². The molecule has 0 unspecified atom stereocenters. The quantitative estimate of drug-likeness (QED) is 0.604. The highest BCUT2D eigenvalue weighted by atomic mass is 19.4. The zero-order chi connectivity index (χ0) is 20.1. The molecular weight excluding hydrogens is 363 g/mol. The topological polar surface area (TPSA) is 89.8 Å². The summed E-state index contributed by atoms with van der Waals surface area (Å²) in [6.45, 7) is -0.737. The molecule has 4 N–H and O–H groups in total. The maximum atomic E-state index is 12.2. The first-order valence-electron chi connectivity index (χ1n) is 8.83. The Morgan fingerprint density at radius 2 is 1.89 bits per heavy atom. The molecule has 0 saturated heterocycles. The fraction of sp³-hybridized carbons (Fsp3) is 0.526. The Morgan fingerprint density at radius 3 is 2.52 bits per heavy atom. The Hall–Kier alpha value is -1.90. The molecule has 2 atom stereocenters. The lowest BCUT2D eigenvalue weighted by Gasteiger charge is -2.28. The largest absolute Gasteiger partial charge is 0.471 e. The molecule has 1 aliphatic carbocycles. The van der Waals surface area contributed by atoms with Crippen LogP contribution in [0.1, 0.15) is 49.3 Å². The highest BCUT2D eigenvalue weighted by molar-refractivity contribution is 5.81. The lowest BCUT2D eigenvalue weighted by Crippen LogP contribution is -2.42. The van der Waals surface area contributed by atoms with Gasteiger partial charge in [-0.15, -0.1) is 0 Å². The molecule has 0 aromatic heterocycles. The van der Waals surface area contributed by atoms with Crippen LogP contribution in [0.2, 0.25) is 0 Å². The lowest BCUT2D eigenvalue weighted by atomic mass is 9.84. The van der Waals surface area contributed by atoms with Crippen LogP contribution in [0.15, 0.2) is 30.3 Å². The van der Waals surface area contributed by atoms with Gasteiger partial charge in [-0.2, -0.15) is 13.2 Å². The Kier molecular flexibility index (Phi) is 7.02. The molecule has 1 amide bonds.